The van der Waals surface area contributed by atoms with Crippen LogP contribution in [0.4, 0.5) is 11.5 Å². The lowest BCUT2D eigenvalue weighted by Gasteiger charge is -2.35. The van der Waals surface area contributed by atoms with Crippen LogP contribution in [0.1, 0.15) is 42.7 Å². The minimum atomic E-state index is 0.0983. The topological polar surface area (TPSA) is 72.1 Å². The standard InChI is InChI=1S/C23H26N4OS2/c1-13-7-10-16-18(11-13)30-22-20(16)21(24)25-23(26-22)29-12-19(28)27-14(2)8-9-15-5-3-4-6-17(15)27/h3-6,13-14H,7-12H2,1-2H3,(H2,24,25,26). The maximum atomic E-state index is 13.1. The SMILES string of the molecule is CC1CCc2c(sc3nc(SCC(=O)N4c5ccccc5CCC4C)nc(N)c23)C1. The molecule has 1 aliphatic heterocycles. The Bertz CT molecular complexity index is 1130. The second-order valence-corrected chi connectivity index (χ2v) is 10.5. The summed E-state index contributed by atoms with van der Waals surface area (Å²) in [6.45, 7) is 4.42. The summed E-state index contributed by atoms with van der Waals surface area (Å²) in [5.41, 5.74) is 9.97. The van der Waals surface area contributed by atoms with Crippen molar-refractivity contribution >= 4 is 50.7 Å². The van der Waals surface area contributed by atoms with Crippen LogP contribution < -0.4 is 10.6 Å². The minimum Gasteiger partial charge on any atom is -0.383 e. The van der Waals surface area contributed by atoms with Crippen LogP contribution in [-0.4, -0.2) is 27.7 Å². The van der Waals surface area contributed by atoms with Crippen LogP contribution in [0.25, 0.3) is 10.2 Å². The zero-order valence-corrected chi connectivity index (χ0v) is 19.0. The number of nitrogens with two attached hydrogens (primary N) is 1. The number of rotatable bonds is 3. The smallest absolute Gasteiger partial charge is 0.237 e. The van der Waals surface area contributed by atoms with E-state index >= 15 is 0 Å². The van der Waals surface area contributed by atoms with E-state index < -0.39 is 0 Å². The highest BCUT2D eigenvalue weighted by atomic mass is 32.2. The predicted octanol–water partition coefficient (Wildman–Crippen LogP) is 4.86. The first kappa shape index (κ1) is 19.8. The van der Waals surface area contributed by atoms with E-state index in [4.69, 9.17) is 10.7 Å². The fourth-order valence-corrected chi connectivity index (χ4v) is 6.84. The summed E-state index contributed by atoms with van der Waals surface area (Å²) in [6, 6.07) is 8.41. The number of carbonyl (C=O) groups is 1. The molecule has 5 nitrogen and oxygen atoms in total. The number of anilines is 2. The van der Waals surface area contributed by atoms with Gasteiger partial charge < -0.3 is 10.6 Å². The number of para-hydroxylation sites is 1. The van der Waals surface area contributed by atoms with Crippen molar-refractivity contribution in [2.75, 3.05) is 16.4 Å². The van der Waals surface area contributed by atoms with E-state index in [1.54, 1.807) is 11.3 Å². The van der Waals surface area contributed by atoms with Gasteiger partial charge >= 0.3 is 0 Å². The highest BCUT2D eigenvalue weighted by Gasteiger charge is 2.28. The number of amides is 1. The molecule has 1 aromatic carbocycles. The zero-order chi connectivity index (χ0) is 20.8. The lowest BCUT2D eigenvalue weighted by Crippen LogP contribution is -2.43. The maximum absolute atomic E-state index is 13.1. The molecule has 2 atom stereocenters. The molecule has 2 aromatic heterocycles. The van der Waals surface area contributed by atoms with E-state index in [0.29, 0.717) is 22.6 Å². The Hall–Kier alpha value is -2.12. The molecule has 7 heteroatoms. The van der Waals surface area contributed by atoms with Crippen molar-refractivity contribution in [3.05, 3.63) is 40.3 Å². The van der Waals surface area contributed by atoms with Gasteiger partial charge in [0.25, 0.3) is 0 Å². The van der Waals surface area contributed by atoms with Gasteiger partial charge in [0.2, 0.25) is 5.91 Å². The van der Waals surface area contributed by atoms with Crippen molar-refractivity contribution in [1.82, 2.24) is 9.97 Å². The van der Waals surface area contributed by atoms with Gasteiger partial charge in [0, 0.05) is 16.6 Å². The number of nitrogens with zero attached hydrogens (tertiary/aromatic N) is 3. The summed E-state index contributed by atoms with van der Waals surface area (Å²) in [6.07, 6.45) is 5.36. The third-order valence-corrected chi connectivity index (χ3v) is 8.26. The molecule has 0 spiro atoms. The first-order valence-corrected chi connectivity index (χ1v) is 12.4. The Labute approximate surface area is 185 Å². The summed E-state index contributed by atoms with van der Waals surface area (Å²) in [4.78, 5) is 26.7. The van der Waals surface area contributed by atoms with Gasteiger partial charge in [-0.25, -0.2) is 9.97 Å². The van der Waals surface area contributed by atoms with Crippen LogP contribution in [0.15, 0.2) is 29.4 Å². The number of hydrogen-bond donors (Lipinski definition) is 1. The third-order valence-electron chi connectivity index (χ3n) is 6.28. The van der Waals surface area contributed by atoms with Crippen LogP contribution in [0.3, 0.4) is 0 Å². The number of fused-ring (bicyclic) bond motifs is 4. The van der Waals surface area contributed by atoms with Crippen molar-refractivity contribution < 1.29 is 4.79 Å². The minimum absolute atomic E-state index is 0.0983. The summed E-state index contributed by atoms with van der Waals surface area (Å²) >= 11 is 3.13. The lowest BCUT2D eigenvalue weighted by molar-refractivity contribution is -0.116. The summed E-state index contributed by atoms with van der Waals surface area (Å²) in [5.74, 6) is 1.67. The van der Waals surface area contributed by atoms with Gasteiger partial charge in [-0.2, -0.15) is 0 Å². The van der Waals surface area contributed by atoms with Gasteiger partial charge in [-0.3, -0.25) is 4.79 Å². The van der Waals surface area contributed by atoms with Gasteiger partial charge in [0.1, 0.15) is 10.6 Å². The van der Waals surface area contributed by atoms with Gasteiger partial charge in [0.15, 0.2) is 5.16 Å². The molecule has 156 valence electrons. The van der Waals surface area contributed by atoms with Crippen LogP contribution in [0.5, 0.6) is 0 Å². The highest BCUT2D eigenvalue weighted by Crippen LogP contribution is 2.40. The first-order valence-electron chi connectivity index (χ1n) is 10.6. The van der Waals surface area contributed by atoms with E-state index in [1.807, 2.05) is 23.1 Å². The summed E-state index contributed by atoms with van der Waals surface area (Å²) in [7, 11) is 0. The van der Waals surface area contributed by atoms with E-state index in [2.05, 4.69) is 24.9 Å². The molecule has 30 heavy (non-hydrogen) atoms. The Morgan fingerprint density at radius 1 is 1.23 bits per heavy atom. The zero-order valence-electron chi connectivity index (χ0n) is 17.4. The van der Waals surface area contributed by atoms with Gasteiger partial charge in [-0.1, -0.05) is 36.9 Å². The van der Waals surface area contributed by atoms with Crippen molar-refractivity contribution in [2.45, 2.75) is 57.1 Å². The molecular weight excluding hydrogens is 412 g/mol. The van der Waals surface area contributed by atoms with Crippen LogP contribution in [0.2, 0.25) is 0 Å². The van der Waals surface area contributed by atoms with E-state index in [0.717, 1.165) is 41.6 Å². The molecule has 3 heterocycles. The fraction of sp³-hybridized carbons (Fsp3) is 0.435. The molecule has 5 rings (SSSR count). The Morgan fingerprint density at radius 2 is 2.07 bits per heavy atom. The Kier molecular flexibility index (Phi) is 5.19. The molecule has 2 aliphatic rings. The second kappa shape index (κ2) is 7.85. The first-order chi connectivity index (χ1) is 14.5. The largest absolute Gasteiger partial charge is 0.383 e. The van der Waals surface area contributed by atoms with Gasteiger partial charge in [-0.15, -0.1) is 11.3 Å². The summed E-state index contributed by atoms with van der Waals surface area (Å²) in [5, 5.41) is 1.63. The third kappa shape index (κ3) is 3.48. The number of thioether (sulfide) groups is 1. The van der Waals surface area contributed by atoms with Crippen LogP contribution >= 0.6 is 23.1 Å². The number of hydrogen-bond acceptors (Lipinski definition) is 6. The maximum Gasteiger partial charge on any atom is 0.237 e. The lowest BCUT2D eigenvalue weighted by atomic mass is 9.89. The molecule has 0 saturated heterocycles. The fourth-order valence-electron chi connectivity index (χ4n) is 4.68. The van der Waals surface area contributed by atoms with Crippen LogP contribution in [-0.2, 0) is 24.1 Å². The molecule has 0 radical (unpaired) electrons. The van der Waals surface area contributed by atoms with Crippen molar-refractivity contribution in [1.29, 1.82) is 0 Å². The molecule has 2 unspecified atom stereocenters. The van der Waals surface area contributed by atoms with Gasteiger partial charge in [-0.05, 0) is 62.1 Å². The summed E-state index contributed by atoms with van der Waals surface area (Å²) < 4.78 is 0. The molecule has 0 bridgehead atoms. The number of nitrogen functional groups attached to an aromatic ring is 1. The molecule has 1 amide bonds. The Balaban J connectivity index is 1.37. The monoisotopic (exact) mass is 438 g/mol. The van der Waals surface area contributed by atoms with E-state index in [1.165, 1.54) is 34.2 Å². The van der Waals surface area contributed by atoms with Crippen molar-refractivity contribution in [2.24, 2.45) is 5.92 Å². The molecule has 1 aliphatic carbocycles. The van der Waals surface area contributed by atoms with Crippen LogP contribution in [0, 0.1) is 5.92 Å². The second-order valence-electron chi connectivity index (χ2n) is 8.49. The average molecular weight is 439 g/mol. The molecule has 0 saturated carbocycles. The Morgan fingerprint density at radius 3 is 2.93 bits per heavy atom. The molecule has 0 fully saturated rings. The number of thiophene rings is 1. The highest BCUT2D eigenvalue weighted by molar-refractivity contribution is 7.99. The average Bonchev–Trinajstić information content (AvgIpc) is 3.09. The number of aromatic nitrogens is 2. The molecular formula is C23H26N4OS2. The number of aryl methyl sites for hydroxylation is 2. The predicted molar refractivity (Wildman–Crippen MR) is 125 cm³/mol. The van der Waals surface area contributed by atoms with Gasteiger partial charge in [0.05, 0.1) is 11.1 Å². The van der Waals surface area contributed by atoms with E-state index in [9.17, 15) is 4.79 Å². The molecule has 2 N–H and O–H groups in total. The number of carbonyl (C=O) groups excluding carboxylic acids is 1. The van der Waals surface area contributed by atoms with E-state index in [-0.39, 0.29) is 11.9 Å². The van der Waals surface area contributed by atoms with Crippen molar-refractivity contribution in [3.8, 4) is 0 Å². The number of benzene rings is 1. The quantitative estimate of drug-likeness (QED) is 0.467. The normalized spacial score (nSPS) is 20.8. The van der Waals surface area contributed by atoms with Crippen molar-refractivity contribution in [3.63, 3.8) is 0 Å². The molecule has 3 aromatic rings.